The molecule has 1 aromatic carbocycles. The third-order valence-electron chi connectivity index (χ3n) is 5.24. The Morgan fingerprint density at radius 2 is 2.24 bits per heavy atom. The summed E-state index contributed by atoms with van der Waals surface area (Å²) in [6, 6.07) is 6.46. The highest BCUT2D eigenvalue weighted by atomic mass is 35.5. The van der Waals surface area contributed by atoms with Crippen LogP contribution >= 0.6 is 11.6 Å². The molecule has 2 aliphatic rings. The number of hydrogen-bond donors (Lipinski definition) is 1. The Bertz CT molecular complexity index is 504. The van der Waals surface area contributed by atoms with Crippen LogP contribution in [0.15, 0.2) is 18.2 Å². The van der Waals surface area contributed by atoms with E-state index in [0.29, 0.717) is 12.0 Å². The second-order valence-electron chi connectivity index (χ2n) is 6.56. The van der Waals surface area contributed by atoms with Crippen molar-refractivity contribution in [1.29, 1.82) is 0 Å². The van der Waals surface area contributed by atoms with Crippen LogP contribution in [0, 0.1) is 5.92 Å². The minimum atomic E-state index is 0.0426. The van der Waals surface area contributed by atoms with Gasteiger partial charge < -0.3 is 10.1 Å². The van der Waals surface area contributed by atoms with Gasteiger partial charge in [0.2, 0.25) is 0 Å². The van der Waals surface area contributed by atoms with Crippen LogP contribution in [0.25, 0.3) is 0 Å². The predicted molar refractivity (Wildman–Crippen MR) is 88.1 cm³/mol. The lowest BCUT2D eigenvalue weighted by Gasteiger charge is -2.44. The van der Waals surface area contributed by atoms with Gasteiger partial charge in [0.05, 0.1) is 0 Å². The summed E-state index contributed by atoms with van der Waals surface area (Å²) in [5, 5.41) is 4.51. The molecule has 1 N–H and O–H groups in total. The van der Waals surface area contributed by atoms with E-state index in [1.165, 1.54) is 31.2 Å². The van der Waals surface area contributed by atoms with Gasteiger partial charge in [-0.05, 0) is 62.8 Å². The average Bonchev–Trinajstić information content (AvgIpc) is 2.87. The zero-order chi connectivity index (χ0) is 14.9. The number of nitrogens with one attached hydrogen (secondary N) is 1. The summed E-state index contributed by atoms with van der Waals surface area (Å²) in [4.78, 5) is 0. The van der Waals surface area contributed by atoms with E-state index >= 15 is 0 Å². The van der Waals surface area contributed by atoms with Crippen LogP contribution in [0.3, 0.4) is 0 Å². The fraction of sp³-hybridized carbons (Fsp3) is 0.667. The SMILES string of the molecule is CCCNC1CC2(CCCC2CC)Oc2ccc(Cl)cc21. The highest BCUT2D eigenvalue weighted by Crippen LogP contribution is 2.51. The molecule has 1 aliphatic carbocycles. The maximum Gasteiger partial charge on any atom is 0.125 e. The van der Waals surface area contributed by atoms with Crippen LogP contribution in [0.2, 0.25) is 5.02 Å². The molecule has 1 fully saturated rings. The number of rotatable bonds is 4. The van der Waals surface area contributed by atoms with Crippen LogP contribution in [-0.2, 0) is 0 Å². The Kier molecular flexibility index (Phi) is 4.46. The summed E-state index contributed by atoms with van der Waals surface area (Å²) in [6.07, 6.45) is 7.24. The van der Waals surface area contributed by atoms with E-state index in [1.807, 2.05) is 6.07 Å². The van der Waals surface area contributed by atoms with Crippen LogP contribution in [0.4, 0.5) is 0 Å². The van der Waals surface area contributed by atoms with E-state index in [4.69, 9.17) is 16.3 Å². The Labute approximate surface area is 133 Å². The van der Waals surface area contributed by atoms with Crippen molar-refractivity contribution in [2.24, 2.45) is 5.92 Å². The minimum absolute atomic E-state index is 0.0426. The standard InChI is InChI=1S/C18H26ClNO/c1-3-10-20-16-12-18(9-5-6-13(18)4-2)21-17-8-7-14(19)11-15(16)17/h7-8,11,13,16,20H,3-6,9-10,12H2,1-2H3. The highest BCUT2D eigenvalue weighted by molar-refractivity contribution is 6.30. The van der Waals surface area contributed by atoms with E-state index in [-0.39, 0.29) is 5.60 Å². The first-order valence-corrected chi connectivity index (χ1v) is 8.78. The molecule has 21 heavy (non-hydrogen) atoms. The molecule has 3 heteroatoms. The van der Waals surface area contributed by atoms with E-state index in [1.54, 1.807) is 0 Å². The first-order valence-electron chi connectivity index (χ1n) is 8.40. The van der Waals surface area contributed by atoms with Gasteiger partial charge in [-0.3, -0.25) is 0 Å². The minimum Gasteiger partial charge on any atom is -0.487 e. The smallest absolute Gasteiger partial charge is 0.125 e. The molecule has 3 rings (SSSR count). The van der Waals surface area contributed by atoms with Gasteiger partial charge in [0.1, 0.15) is 11.4 Å². The highest BCUT2D eigenvalue weighted by Gasteiger charge is 2.48. The quantitative estimate of drug-likeness (QED) is 0.834. The number of ether oxygens (including phenoxy) is 1. The molecule has 0 amide bonds. The lowest BCUT2D eigenvalue weighted by molar-refractivity contribution is -0.00552. The number of halogens is 1. The third-order valence-corrected chi connectivity index (χ3v) is 5.48. The molecule has 116 valence electrons. The molecule has 2 nitrogen and oxygen atoms in total. The average molecular weight is 308 g/mol. The molecule has 1 heterocycles. The summed E-state index contributed by atoms with van der Waals surface area (Å²) in [5.74, 6) is 1.73. The topological polar surface area (TPSA) is 21.3 Å². The zero-order valence-corrected chi connectivity index (χ0v) is 13.9. The monoisotopic (exact) mass is 307 g/mol. The molecule has 3 unspecified atom stereocenters. The van der Waals surface area contributed by atoms with Gasteiger partial charge in [0.15, 0.2) is 0 Å². The maximum absolute atomic E-state index is 6.55. The second-order valence-corrected chi connectivity index (χ2v) is 6.99. The van der Waals surface area contributed by atoms with Crippen molar-refractivity contribution < 1.29 is 4.74 Å². The molecule has 1 saturated carbocycles. The predicted octanol–water partition coefficient (Wildman–Crippen LogP) is 5.11. The number of fused-ring (bicyclic) bond motifs is 1. The Hall–Kier alpha value is -0.730. The molecule has 1 spiro atoms. The van der Waals surface area contributed by atoms with Crippen molar-refractivity contribution >= 4 is 11.6 Å². The van der Waals surface area contributed by atoms with Crippen molar-refractivity contribution in [2.45, 2.75) is 64.0 Å². The van der Waals surface area contributed by atoms with Crippen LogP contribution in [0.5, 0.6) is 5.75 Å². The number of benzene rings is 1. The molecule has 1 aliphatic heterocycles. The van der Waals surface area contributed by atoms with Gasteiger partial charge in [-0.15, -0.1) is 0 Å². The van der Waals surface area contributed by atoms with E-state index in [2.05, 4.69) is 31.3 Å². The summed E-state index contributed by atoms with van der Waals surface area (Å²) in [6.45, 7) is 5.56. The summed E-state index contributed by atoms with van der Waals surface area (Å²) in [5.41, 5.74) is 1.28. The summed E-state index contributed by atoms with van der Waals surface area (Å²) in [7, 11) is 0. The molecular formula is C18H26ClNO. The van der Waals surface area contributed by atoms with Crippen LogP contribution in [-0.4, -0.2) is 12.1 Å². The first kappa shape index (κ1) is 15.2. The van der Waals surface area contributed by atoms with Crippen molar-refractivity contribution in [3.8, 4) is 5.75 Å². The van der Waals surface area contributed by atoms with Gasteiger partial charge in [-0.1, -0.05) is 25.4 Å². The Morgan fingerprint density at radius 3 is 3.00 bits per heavy atom. The summed E-state index contributed by atoms with van der Waals surface area (Å²) < 4.78 is 6.55. The van der Waals surface area contributed by atoms with E-state index in [9.17, 15) is 0 Å². The van der Waals surface area contributed by atoms with Gasteiger partial charge in [0.25, 0.3) is 0 Å². The maximum atomic E-state index is 6.55. The molecule has 0 bridgehead atoms. The Balaban J connectivity index is 1.94. The number of hydrogen-bond acceptors (Lipinski definition) is 2. The Morgan fingerprint density at radius 1 is 1.38 bits per heavy atom. The van der Waals surface area contributed by atoms with Gasteiger partial charge in [0, 0.05) is 23.0 Å². The van der Waals surface area contributed by atoms with Crippen molar-refractivity contribution in [3.63, 3.8) is 0 Å². The zero-order valence-electron chi connectivity index (χ0n) is 13.1. The fourth-order valence-electron chi connectivity index (χ4n) is 4.20. The lowest BCUT2D eigenvalue weighted by atomic mass is 9.79. The van der Waals surface area contributed by atoms with Crippen LogP contribution < -0.4 is 10.1 Å². The van der Waals surface area contributed by atoms with Crippen LogP contribution in [0.1, 0.15) is 64.0 Å². The van der Waals surface area contributed by atoms with Gasteiger partial charge >= 0.3 is 0 Å². The first-order chi connectivity index (χ1) is 10.2. The van der Waals surface area contributed by atoms with Gasteiger partial charge in [-0.2, -0.15) is 0 Å². The summed E-state index contributed by atoms with van der Waals surface area (Å²) >= 11 is 6.20. The molecule has 3 atom stereocenters. The third kappa shape index (κ3) is 2.80. The second kappa shape index (κ2) is 6.18. The molecule has 1 aromatic rings. The molecule has 0 radical (unpaired) electrons. The lowest BCUT2D eigenvalue weighted by Crippen LogP contribution is -2.46. The van der Waals surface area contributed by atoms with Crippen molar-refractivity contribution in [3.05, 3.63) is 28.8 Å². The van der Waals surface area contributed by atoms with Crippen molar-refractivity contribution in [2.75, 3.05) is 6.54 Å². The van der Waals surface area contributed by atoms with Crippen molar-refractivity contribution in [1.82, 2.24) is 5.32 Å². The van der Waals surface area contributed by atoms with Gasteiger partial charge in [-0.25, -0.2) is 0 Å². The fourth-order valence-corrected chi connectivity index (χ4v) is 4.38. The largest absolute Gasteiger partial charge is 0.487 e. The molecular weight excluding hydrogens is 282 g/mol. The normalized spacial score (nSPS) is 31.2. The molecule has 0 saturated heterocycles. The van der Waals surface area contributed by atoms with E-state index < -0.39 is 0 Å². The molecule has 0 aromatic heterocycles. The van der Waals surface area contributed by atoms with E-state index in [0.717, 1.165) is 30.2 Å².